The molecule has 0 aromatic heterocycles. The summed E-state index contributed by atoms with van der Waals surface area (Å²) >= 11 is 9.67. The van der Waals surface area contributed by atoms with Gasteiger partial charge in [-0.05, 0) is 22.0 Å². The van der Waals surface area contributed by atoms with Gasteiger partial charge in [0.25, 0.3) is 0 Å². The van der Waals surface area contributed by atoms with Gasteiger partial charge >= 0.3 is 0 Å². The van der Waals surface area contributed by atoms with E-state index < -0.39 is 0 Å². The molecule has 0 aliphatic carbocycles. The molecule has 0 atom stereocenters. The van der Waals surface area contributed by atoms with Crippen molar-refractivity contribution in [2.75, 3.05) is 13.7 Å². The first-order chi connectivity index (χ1) is 8.18. The van der Waals surface area contributed by atoms with Crippen molar-refractivity contribution < 1.29 is 4.74 Å². The molecule has 3 rings (SSSR count). The first-order valence-corrected chi connectivity index (χ1v) is 6.22. The third-order valence-corrected chi connectivity index (χ3v) is 3.95. The van der Waals surface area contributed by atoms with Crippen LogP contribution >= 0.6 is 27.5 Å². The van der Waals surface area contributed by atoms with E-state index in [2.05, 4.69) is 26.2 Å². The fourth-order valence-electron chi connectivity index (χ4n) is 1.91. The van der Waals surface area contributed by atoms with Gasteiger partial charge in [-0.25, -0.2) is 0 Å². The molecular weight excluding hydrogens is 305 g/mol. The van der Waals surface area contributed by atoms with Crippen LogP contribution < -0.4 is 20.6 Å². The summed E-state index contributed by atoms with van der Waals surface area (Å²) in [6.07, 6.45) is 3.49. The highest BCUT2D eigenvalue weighted by Crippen LogP contribution is 2.23. The van der Waals surface area contributed by atoms with Crippen LogP contribution in [0.1, 0.15) is 0 Å². The van der Waals surface area contributed by atoms with Crippen LogP contribution in [0.15, 0.2) is 28.0 Å². The largest absolute Gasteiger partial charge is 0.463 e. The van der Waals surface area contributed by atoms with E-state index in [9.17, 15) is 0 Å². The predicted octanol–water partition coefficient (Wildman–Crippen LogP) is 1.14. The number of rotatable bonds is 0. The van der Waals surface area contributed by atoms with E-state index in [4.69, 9.17) is 16.3 Å². The Hall–Kier alpha value is -1.20. The van der Waals surface area contributed by atoms with Gasteiger partial charge in [0, 0.05) is 17.7 Å². The van der Waals surface area contributed by atoms with E-state index in [1.165, 1.54) is 0 Å². The highest BCUT2D eigenvalue weighted by atomic mass is 79.9. The van der Waals surface area contributed by atoms with Crippen molar-refractivity contribution in [3.8, 4) is 5.75 Å². The lowest BCUT2D eigenvalue weighted by atomic mass is 10.2. The summed E-state index contributed by atoms with van der Waals surface area (Å²) in [7, 11) is 1.95. The van der Waals surface area contributed by atoms with Crippen LogP contribution in [0.25, 0.3) is 5.82 Å². The molecule has 4 nitrogen and oxygen atoms in total. The molecule has 1 aromatic carbocycles. The molecule has 0 bridgehead atoms. The number of nitrogens with zero attached hydrogens (tertiary/aromatic N) is 2. The van der Waals surface area contributed by atoms with Crippen LogP contribution in [0.5, 0.6) is 5.75 Å². The molecular formula is C11H9BrClN3O. The Kier molecular flexibility index (Phi) is 2.52. The topological polar surface area (TPSA) is 36.9 Å². The van der Waals surface area contributed by atoms with E-state index in [0.29, 0.717) is 11.7 Å². The minimum atomic E-state index is 0.510. The van der Waals surface area contributed by atoms with Gasteiger partial charge in [-0.1, -0.05) is 11.6 Å². The minimum absolute atomic E-state index is 0.510. The van der Waals surface area contributed by atoms with Crippen molar-refractivity contribution in [2.24, 2.45) is 4.99 Å². The molecule has 0 saturated carbocycles. The lowest BCUT2D eigenvalue weighted by molar-refractivity contribution is 0.470. The maximum absolute atomic E-state index is 6.25. The molecule has 88 valence electrons. The molecule has 6 heteroatoms. The fraction of sp³-hybridized carbons (Fsp3) is 0.182. The first kappa shape index (κ1) is 10.9. The van der Waals surface area contributed by atoms with Gasteiger partial charge in [0.1, 0.15) is 24.5 Å². The molecule has 0 radical (unpaired) electrons. The Labute approximate surface area is 111 Å². The number of halogens is 2. The van der Waals surface area contributed by atoms with E-state index in [1.807, 2.05) is 24.2 Å². The first-order valence-electron chi connectivity index (χ1n) is 5.05. The van der Waals surface area contributed by atoms with Crippen LogP contribution in [0.4, 0.5) is 0 Å². The van der Waals surface area contributed by atoms with Crippen LogP contribution in [0, 0.1) is 0 Å². The van der Waals surface area contributed by atoms with Gasteiger partial charge in [-0.2, -0.15) is 0 Å². The summed E-state index contributed by atoms with van der Waals surface area (Å²) in [5, 5.41) is 5.50. The molecule has 0 saturated heterocycles. The number of benzene rings is 1. The molecule has 1 aromatic rings. The lowest BCUT2D eigenvalue weighted by Gasteiger charge is -2.20. The van der Waals surface area contributed by atoms with Gasteiger partial charge in [0.05, 0.1) is 15.6 Å². The second-order valence-electron chi connectivity index (χ2n) is 3.75. The summed E-state index contributed by atoms with van der Waals surface area (Å²) in [4.78, 5) is 6.35. The molecule has 2 aliphatic rings. The molecule has 0 spiro atoms. The van der Waals surface area contributed by atoms with Crippen molar-refractivity contribution in [3.63, 3.8) is 0 Å². The zero-order valence-corrected chi connectivity index (χ0v) is 11.3. The number of hydrogen-bond acceptors (Lipinski definition) is 4. The third kappa shape index (κ3) is 1.61. The average Bonchev–Trinajstić information content (AvgIpc) is 2.48. The molecule has 0 unspecified atom stereocenters. The van der Waals surface area contributed by atoms with Crippen LogP contribution in [0.2, 0.25) is 5.02 Å². The van der Waals surface area contributed by atoms with Gasteiger partial charge in [-0.15, -0.1) is 0 Å². The van der Waals surface area contributed by atoms with Crippen molar-refractivity contribution >= 4 is 33.4 Å². The van der Waals surface area contributed by atoms with Crippen molar-refractivity contribution in [1.29, 1.82) is 0 Å². The highest BCUT2D eigenvalue weighted by Gasteiger charge is 2.18. The standard InChI is InChI=1S/C11H9BrClN3O/c1-16-2-3-17-7-4-6(12)9(13)10-8(7)11(16)15-5-14-10/h2-4,15H,5H2,1H3. The van der Waals surface area contributed by atoms with Crippen LogP contribution in [-0.2, 0) is 0 Å². The Morgan fingerprint density at radius 2 is 2.41 bits per heavy atom. The Morgan fingerprint density at radius 3 is 3.24 bits per heavy atom. The summed E-state index contributed by atoms with van der Waals surface area (Å²) in [6, 6.07) is 1.85. The molecule has 2 heterocycles. The van der Waals surface area contributed by atoms with Crippen molar-refractivity contribution in [1.82, 2.24) is 10.2 Å². The summed E-state index contributed by atoms with van der Waals surface area (Å²) in [6.45, 7) is 0.510. The normalized spacial score (nSPS) is 16.6. The second kappa shape index (κ2) is 3.92. The van der Waals surface area contributed by atoms with Gasteiger partial charge in [0.2, 0.25) is 0 Å². The summed E-state index contributed by atoms with van der Waals surface area (Å²) in [5.41, 5.74) is 0. The molecule has 1 N–H and O–H groups in total. The third-order valence-electron chi connectivity index (χ3n) is 2.71. The average molecular weight is 315 g/mol. The molecule has 2 aliphatic heterocycles. The Bertz CT molecular complexity index is 641. The smallest absolute Gasteiger partial charge is 0.140 e. The number of hydrogen-bond donors (Lipinski definition) is 1. The lowest BCUT2D eigenvalue weighted by Crippen LogP contribution is -2.43. The summed E-state index contributed by atoms with van der Waals surface area (Å²) < 4.78 is 6.36. The van der Waals surface area contributed by atoms with Crippen molar-refractivity contribution in [2.45, 2.75) is 0 Å². The minimum Gasteiger partial charge on any atom is -0.463 e. The molecule has 0 amide bonds. The van der Waals surface area contributed by atoms with Gasteiger partial charge in [0.15, 0.2) is 0 Å². The maximum Gasteiger partial charge on any atom is 0.140 e. The number of nitrogens with one attached hydrogen (secondary N) is 1. The Balaban J connectivity index is 2.50. The second-order valence-corrected chi connectivity index (χ2v) is 4.98. The van der Waals surface area contributed by atoms with Crippen molar-refractivity contribution in [3.05, 3.63) is 38.6 Å². The van der Waals surface area contributed by atoms with E-state index in [0.717, 1.165) is 26.6 Å². The monoisotopic (exact) mass is 313 g/mol. The van der Waals surface area contributed by atoms with Crippen LogP contribution in [0.3, 0.4) is 0 Å². The van der Waals surface area contributed by atoms with Gasteiger partial charge in [-0.3, -0.25) is 4.99 Å². The fourth-order valence-corrected chi connectivity index (χ4v) is 2.52. The van der Waals surface area contributed by atoms with E-state index in [-0.39, 0.29) is 0 Å². The predicted molar refractivity (Wildman–Crippen MR) is 68.9 cm³/mol. The van der Waals surface area contributed by atoms with E-state index >= 15 is 0 Å². The van der Waals surface area contributed by atoms with Gasteiger partial charge < -0.3 is 15.0 Å². The maximum atomic E-state index is 6.25. The Morgan fingerprint density at radius 1 is 1.59 bits per heavy atom. The van der Waals surface area contributed by atoms with Crippen LogP contribution in [-0.4, -0.2) is 18.6 Å². The molecule has 0 fully saturated rings. The summed E-state index contributed by atoms with van der Waals surface area (Å²) in [5.74, 6) is 1.69. The highest BCUT2D eigenvalue weighted by molar-refractivity contribution is 9.10. The SMILES string of the molecule is CN1C=COc2cc(Br)c(Cl)c3c2=C1NCN=3. The zero-order valence-electron chi connectivity index (χ0n) is 9.00. The zero-order chi connectivity index (χ0) is 12.0. The van der Waals surface area contributed by atoms with E-state index in [1.54, 1.807) is 6.26 Å². The quantitative estimate of drug-likeness (QED) is 0.780. The number of ether oxygens (including phenoxy) is 1. The molecule has 17 heavy (non-hydrogen) atoms.